The average molecular weight is 460 g/mol. The maximum atomic E-state index is 12.0. The standard InChI is InChI=1S/C14H32N4O.C8H18N2O.CO/c1-6-13(10-15-5)16-9-12(4)14(19)17-11-18(7-2)8-3;1-4-7(6-9-3)10-8(11)5-2;1-2/h12-13,15-16H,6-11H2,1-5H3,(H,17,19);7,9H,4-6H2,1-3H3,(H,10,11);/p+1. The number of carbonyl (C=O) groups is 2. The molecule has 9 nitrogen and oxygen atoms in total. The molecular weight excluding hydrogens is 408 g/mol. The molecule has 9 heteroatoms. The van der Waals surface area contributed by atoms with Crippen molar-refractivity contribution in [1.29, 1.82) is 0 Å². The zero-order chi connectivity index (χ0) is 25.4. The van der Waals surface area contributed by atoms with E-state index in [0.717, 1.165) is 52.2 Å². The molecule has 0 aromatic carbocycles. The molecule has 6 N–H and O–H groups in total. The second kappa shape index (κ2) is 25.8. The Morgan fingerprint density at radius 3 is 1.78 bits per heavy atom. The predicted octanol–water partition coefficient (Wildman–Crippen LogP) is -0.318. The number of rotatable bonds is 16. The summed E-state index contributed by atoms with van der Waals surface area (Å²) in [6.45, 7) is 22.2. The van der Waals surface area contributed by atoms with Gasteiger partial charge in [0.2, 0.25) is 11.8 Å². The molecule has 0 radical (unpaired) electrons. The molecule has 0 aromatic rings. The zero-order valence-corrected chi connectivity index (χ0v) is 21.8. The summed E-state index contributed by atoms with van der Waals surface area (Å²) in [5.41, 5.74) is 0. The number of quaternary nitrogens is 1. The van der Waals surface area contributed by atoms with Gasteiger partial charge in [-0.3, -0.25) is 9.59 Å². The summed E-state index contributed by atoms with van der Waals surface area (Å²) < 4.78 is 7.50. The van der Waals surface area contributed by atoms with Gasteiger partial charge in [0.05, 0.1) is 13.1 Å². The molecule has 0 fully saturated rings. The van der Waals surface area contributed by atoms with Crippen LogP contribution in [0.5, 0.6) is 0 Å². The summed E-state index contributed by atoms with van der Waals surface area (Å²) in [5.74, 6) is 0.291. The Labute approximate surface area is 196 Å². The van der Waals surface area contributed by atoms with Gasteiger partial charge in [-0.15, -0.1) is 0 Å². The van der Waals surface area contributed by atoms with Crippen LogP contribution in [0.2, 0.25) is 0 Å². The SMILES string of the molecule is CCC(=O)NC(CC)CNC.CCC(CNC)NCC(C)C(=O)NC[NH+](CC)CC.[C-]#[O+]. The molecule has 0 rings (SSSR count). The normalized spacial score (nSPS) is 13.0. The predicted molar refractivity (Wildman–Crippen MR) is 131 cm³/mol. The summed E-state index contributed by atoms with van der Waals surface area (Å²) in [6, 6.07) is 0.723. The van der Waals surface area contributed by atoms with Gasteiger partial charge in [-0.05, 0) is 40.8 Å². The van der Waals surface area contributed by atoms with Crippen molar-refractivity contribution in [2.75, 3.05) is 53.5 Å². The van der Waals surface area contributed by atoms with E-state index in [9.17, 15) is 9.59 Å². The number of amides is 2. The summed E-state index contributed by atoms with van der Waals surface area (Å²) in [6.07, 6.45) is 2.62. The Hall–Kier alpha value is -1.48. The van der Waals surface area contributed by atoms with E-state index in [0.29, 0.717) is 12.5 Å². The number of carbonyl (C=O) groups excluding carboxylic acids is 2. The first-order chi connectivity index (χ1) is 15.3. The quantitative estimate of drug-likeness (QED) is 0.107. The molecule has 3 atom stereocenters. The third-order valence-corrected chi connectivity index (χ3v) is 5.25. The van der Waals surface area contributed by atoms with Gasteiger partial charge in [0.15, 0.2) is 6.67 Å². The van der Waals surface area contributed by atoms with Gasteiger partial charge in [0.25, 0.3) is 0 Å². The summed E-state index contributed by atoms with van der Waals surface area (Å²) in [7, 11) is 3.84. The van der Waals surface area contributed by atoms with Crippen LogP contribution in [-0.4, -0.2) is 77.4 Å². The van der Waals surface area contributed by atoms with Crippen LogP contribution in [0, 0.1) is 12.6 Å². The van der Waals surface area contributed by atoms with Crippen LogP contribution in [-0.2, 0) is 14.2 Å². The molecule has 0 saturated carbocycles. The number of hydrogen-bond acceptors (Lipinski definition) is 5. The number of nitrogens with one attached hydrogen (secondary N) is 6. The first-order valence-corrected chi connectivity index (χ1v) is 12.0. The van der Waals surface area contributed by atoms with E-state index < -0.39 is 0 Å². The summed E-state index contributed by atoms with van der Waals surface area (Å²) in [4.78, 5) is 24.3. The van der Waals surface area contributed by atoms with Crippen molar-refractivity contribution in [1.82, 2.24) is 26.6 Å². The maximum absolute atomic E-state index is 12.0. The van der Waals surface area contributed by atoms with Crippen LogP contribution >= 0.6 is 0 Å². The molecule has 0 spiro atoms. The van der Waals surface area contributed by atoms with Crippen LogP contribution in [0.3, 0.4) is 0 Å². The fraction of sp³-hybridized carbons (Fsp3) is 0.870. The summed E-state index contributed by atoms with van der Waals surface area (Å²) in [5, 5.41) is 15.6. The first-order valence-electron chi connectivity index (χ1n) is 12.0. The van der Waals surface area contributed by atoms with Gasteiger partial charge in [0, 0.05) is 44.1 Å². The molecule has 0 bridgehead atoms. The van der Waals surface area contributed by atoms with Gasteiger partial charge in [-0.2, -0.15) is 0 Å². The van der Waals surface area contributed by atoms with E-state index in [1.807, 2.05) is 27.9 Å². The molecule has 0 aliphatic carbocycles. The van der Waals surface area contributed by atoms with E-state index in [2.05, 4.69) is 60.9 Å². The van der Waals surface area contributed by atoms with E-state index in [4.69, 9.17) is 4.65 Å². The van der Waals surface area contributed by atoms with Crippen LogP contribution in [0.4, 0.5) is 0 Å². The third-order valence-electron chi connectivity index (χ3n) is 5.25. The minimum atomic E-state index is 0.0147. The number of hydrogen-bond donors (Lipinski definition) is 6. The van der Waals surface area contributed by atoms with Crippen molar-refractivity contribution in [3.8, 4) is 0 Å². The Kier molecular flexibility index (Phi) is 28.3. The van der Waals surface area contributed by atoms with E-state index in [1.54, 1.807) is 0 Å². The summed E-state index contributed by atoms with van der Waals surface area (Å²) >= 11 is 0. The second-order valence-electron chi connectivity index (χ2n) is 7.73. The Balaban J connectivity index is -0.000000549. The molecular formula is C23H51N6O3+. The molecule has 0 heterocycles. The van der Waals surface area contributed by atoms with E-state index in [-0.39, 0.29) is 23.8 Å². The Morgan fingerprint density at radius 1 is 0.875 bits per heavy atom. The van der Waals surface area contributed by atoms with Gasteiger partial charge in [-0.1, -0.05) is 27.7 Å². The van der Waals surface area contributed by atoms with Crippen LogP contribution in [0.15, 0.2) is 0 Å². The van der Waals surface area contributed by atoms with Crippen molar-refractivity contribution in [2.24, 2.45) is 5.92 Å². The molecule has 2 amide bonds. The van der Waals surface area contributed by atoms with Crippen molar-refractivity contribution in [3.63, 3.8) is 0 Å². The van der Waals surface area contributed by atoms with Gasteiger partial charge in [-0.25, -0.2) is 0 Å². The third kappa shape index (κ3) is 20.4. The van der Waals surface area contributed by atoms with Crippen molar-refractivity contribution < 1.29 is 19.1 Å². The second-order valence-corrected chi connectivity index (χ2v) is 7.73. The van der Waals surface area contributed by atoms with Crippen molar-refractivity contribution >= 4 is 11.8 Å². The van der Waals surface area contributed by atoms with E-state index in [1.165, 1.54) is 4.90 Å². The minimum absolute atomic E-state index is 0.0147. The van der Waals surface area contributed by atoms with Crippen LogP contribution in [0.25, 0.3) is 0 Å². The van der Waals surface area contributed by atoms with Crippen LogP contribution < -0.4 is 31.5 Å². The van der Waals surface area contributed by atoms with Gasteiger partial charge >= 0.3 is 11.3 Å². The monoisotopic (exact) mass is 459 g/mol. The fourth-order valence-electron chi connectivity index (χ4n) is 2.80. The Morgan fingerprint density at radius 2 is 1.38 bits per heavy atom. The molecule has 3 unspecified atom stereocenters. The molecule has 190 valence electrons. The Bertz CT molecular complexity index is 458. The fourth-order valence-corrected chi connectivity index (χ4v) is 2.80. The van der Waals surface area contributed by atoms with Crippen molar-refractivity contribution in [3.05, 3.63) is 6.65 Å². The number of likely N-dealkylation sites (N-methyl/N-ethyl adjacent to an activating group) is 2. The molecule has 32 heavy (non-hydrogen) atoms. The van der Waals surface area contributed by atoms with Crippen LogP contribution in [0.1, 0.15) is 60.8 Å². The van der Waals surface area contributed by atoms with Gasteiger partial charge < -0.3 is 31.5 Å². The average Bonchev–Trinajstić information content (AvgIpc) is 2.83. The van der Waals surface area contributed by atoms with Crippen molar-refractivity contribution in [2.45, 2.75) is 72.9 Å². The molecule has 0 aliphatic rings. The first kappa shape index (κ1) is 35.1. The topological polar surface area (TPSA) is 119 Å². The molecule has 0 saturated heterocycles. The zero-order valence-electron chi connectivity index (χ0n) is 21.8. The molecule has 0 aromatic heterocycles. The molecule has 0 aliphatic heterocycles. The van der Waals surface area contributed by atoms with E-state index >= 15 is 0 Å². The van der Waals surface area contributed by atoms with Gasteiger partial charge in [0.1, 0.15) is 0 Å².